The summed E-state index contributed by atoms with van der Waals surface area (Å²) in [5.41, 5.74) is 0.501. The first-order valence-corrected chi connectivity index (χ1v) is 10.7. The van der Waals surface area contributed by atoms with Gasteiger partial charge in [-0.05, 0) is 79.0 Å². The van der Waals surface area contributed by atoms with Gasteiger partial charge in [0, 0.05) is 17.8 Å². The number of piperidine rings is 1. The van der Waals surface area contributed by atoms with E-state index in [1.54, 1.807) is 28.6 Å². The number of benzene rings is 1. The SMILES string of the molecule is C[C@H]1CCC[C@H](C)N1S(=O)(=O)c1ccc(NC(=O)c2ccc(Br)o2)cc1. The monoisotopic (exact) mass is 440 g/mol. The Kier molecular flexibility index (Phi) is 5.55. The molecule has 0 unspecified atom stereocenters. The zero-order valence-electron chi connectivity index (χ0n) is 14.6. The zero-order valence-corrected chi connectivity index (χ0v) is 17.0. The molecule has 2 atom stereocenters. The van der Waals surface area contributed by atoms with Crippen molar-refractivity contribution in [1.29, 1.82) is 0 Å². The van der Waals surface area contributed by atoms with Crippen molar-refractivity contribution >= 4 is 37.5 Å². The highest BCUT2D eigenvalue weighted by atomic mass is 79.9. The van der Waals surface area contributed by atoms with Crippen LogP contribution in [0.2, 0.25) is 0 Å². The van der Waals surface area contributed by atoms with E-state index in [1.165, 1.54) is 12.1 Å². The normalized spacial score (nSPS) is 21.5. The van der Waals surface area contributed by atoms with Gasteiger partial charge in [0.2, 0.25) is 10.0 Å². The van der Waals surface area contributed by atoms with Gasteiger partial charge < -0.3 is 9.73 Å². The maximum absolute atomic E-state index is 13.0. The zero-order chi connectivity index (χ0) is 18.9. The van der Waals surface area contributed by atoms with Crippen LogP contribution in [0.3, 0.4) is 0 Å². The van der Waals surface area contributed by atoms with E-state index < -0.39 is 15.9 Å². The molecule has 6 nitrogen and oxygen atoms in total. The second-order valence-corrected chi connectivity index (χ2v) is 9.17. The number of rotatable bonds is 4. The van der Waals surface area contributed by atoms with Gasteiger partial charge in [-0.1, -0.05) is 6.42 Å². The van der Waals surface area contributed by atoms with Crippen molar-refractivity contribution in [3.63, 3.8) is 0 Å². The molecule has 3 rings (SSSR count). The molecule has 0 aliphatic carbocycles. The predicted molar refractivity (Wildman–Crippen MR) is 103 cm³/mol. The fourth-order valence-electron chi connectivity index (χ4n) is 3.33. The summed E-state index contributed by atoms with van der Waals surface area (Å²) in [6.07, 6.45) is 2.79. The molecule has 1 amide bonds. The number of carbonyl (C=O) groups is 1. The number of nitrogens with zero attached hydrogens (tertiary/aromatic N) is 1. The minimum atomic E-state index is -3.56. The highest BCUT2D eigenvalue weighted by Crippen LogP contribution is 2.30. The van der Waals surface area contributed by atoms with Crippen molar-refractivity contribution in [3.05, 3.63) is 46.8 Å². The minimum absolute atomic E-state index is 0.0134. The van der Waals surface area contributed by atoms with Crippen LogP contribution < -0.4 is 5.32 Å². The van der Waals surface area contributed by atoms with Crippen LogP contribution in [0.15, 0.2) is 50.4 Å². The van der Waals surface area contributed by atoms with Crippen LogP contribution in [-0.2, 0) is 10.0 Å². The topological polar surface area (TPSA) is 79.6 Å². The molecule has 1 aromatic heterocycles. The lowest BCUT2D eigenvalue weighted by atomic mass is 10.0. The van der Waals surface area contributed by atoms with Crippen LogP contribution in [0.5, 0.6) is 0 Å². The Balaban J connectivity index is 1.77. The van der Waals surface area contributed by atoms with Crippen molar-refractivity contribution in [2.45, 2.75) is 50.1 Å². The molecule has 0 saturated carbocycles. The van der Waals surface area contributed by atoms with Crippen LogP contribution >= 0.6 is 15.9 Å². The molecule has 0 radical (unpaired) electrons. The number of halogens is 1. The number of furan rings is 1. The van der Waals surface area contributed by atoms with E-state index in [9.17, 15) is 13.2 Å². The summed E-state index contributed by atoms with van der Waals surface area (Å²) >= 11 is 3.15. The van der Waals surface area contributed by atoms with Crippen LogP contribution in [0.1, 0.15) is 43.7 Å². The van der Waals surface area contributed by atoms with Crippen LogP contribution in [-0.4, -0.2) is 30.7 Å². The number of nitrogens with one attached hydrogen (secondary N) is 1. The van der Waals surface area contributed by atoms with E-state index in [0.29, 0.717) is 10.4 Å². The molecule has 0 bridgehead atoms. The van der Waals surface area contributed by atoms with Gasteiger partial charge in [-0.2, -0.15) is 4.31 Å². The highest BCUT2D eigenvalue weighted by Gasteiger charge is 2.35. The van der Waals surface area contributed by atoms with Crippen molar-refractivity contribution in [1.82, 2.24) is 4.31 Å². The fourth-order valence-corrected chi connectivity index (χ4v) is 5.52. The van der Waals surface area contributed by atoms with Gasteiger partial charge in [0.25, 0.3) is 5.91 Å². The van der Waals surface area contributed by atoms with E-state index in [-0.39, 0.29) is 22.7 Å². The Labute approximate surface area is 161 Å². The van der Waals surface area contributed by atoms with Gasteiger partial charge in [-0.25, -0.2) is 8.42 Å². The standard InChI is InChI=1S/C18H21BrN2O4S/c1-12-4-3-5-13(2)21(12)26(23,24)15-8-6-14(7-9-15)20-18(22)16-10-11-17(19)25-16/h6-13H,3-5H2,1-2H3,(H,20,22)/t12-,13-/m0/s1. The van der Waals surface area contributed by atoms with E-state index in [0.717, 1.165) is 19.3 Å². The molecular formula is C18H21BrN2O4S. The summed E-state index contributed by atoms with van der Waals surface area (Å²) in [6, 6.07) is 9.38. The first-order chi connectivity index (χ1) is 12.3. The van der Waals surface area contributed by atoms with Crippen LogP contribution in [0.4, 0.5) is 5.69 Å². The Morgan fingerprint density at radius 1 is 1.12 bits per heavy atom. The molecular weight excluding hydrogens is 420 g/mol. The molecule has 140 valence electrons. The number of sulfonamides is 1. The number of carbonyl (C=O) groups excluding carboxylic acids is 1. The number of hydrogen-bond acceptors (Lipinski definition) is 4. The van der Waals surface area contributed by atoms with Crippen molar-refractivity contribution in [2.75, 3.05) is 5.32 Å². The maximum Gasteiger partial charge on any atom is 0.291 e. The van der Waals surface area contributed by atoms with Gasteiger partial charge in [-0.15, -0.1) is 0 Å². The first kappa shape index (κ1) is 19.1. The van der Waals surface area contributed by atoms with Crippen LogP contribution in [0, 0.1) is 0 Å². The van der Waals surface area contributed by atoms with Crippen molar-refractivity contribution in [3.8, 4) is 0 Å². The average molecular weight is 441 g/mol. The summed E-state index contributed by atoms with van der Waals surface area (Å²) in [7, 11) is -3.56. The molecule has 1 aliphatic heterocycles. The molecule has 8 heteroatoms. The predicted octanol–water partition coefficient (Wildman–Crippen LogP) is 4.25. The van der Waals surface area contributed by atoms with Crippen LogP contribution in [0.25, 0.3) is 0 Å². The molecule has 1 saturated heterocycles. The van der Waals surface area contributed by atoms with E-state index in [2.05, 4.69) is 21.2 Å². The van der Waals surface area contributed by atoms with Gasteiger partial charge in [0.15, 0.2) is 10.4 Å². The van der Waals surface area contributed by atoms with E-state index in [4.69, 9.17) is 4.42 Å². The Hall–Kier alpha value is -1.64. The molecule has 2 heterocycles. The average Bonchev–Trinajstić information content (AvgIpc) is 3.01. The largest absolute Gasteiger partial charge is 0.444 e. The fraction of sp³-hybridized carbons (Fsp3) is 0.389. The smallest absolute Gasteiger partial charge is 0.291 e. The number of hydrogen-bond donors (Lipinski definition) is 1. The second-order valence-electron chi connectivity index (χ2n) is 6.55. The molecule has 2 aromatic rings. The lowest BCUT2D eigenvalue weighted by molar-refractivity contribution is 0.0995. The van der Waals surface area contributed by atoms with Gasteiger partial charge in [0.05, 0.1) is 4.90 Å². The quantitative estimate of drug-likeness (QED) is 0.770. The summed E-state index contributed by atoms with van der Waals surface area (Å²) in [6.45, 7) is 3.90. The Morgan fingerprint density at radius 3 is 2.27 bits per heavy atom. The second kappa shape index (κ2) is 7.54. The molecule has 1 aromatic carbocycles. The first-order valence-electron chi connectivity index (χ1n) is 8.49. The summed E-state index contributed by atoms with van der Waals surface area (Å²) in [5, 5.41) is 2.69. The molecule has 1 aliphatic rings. The van der Waals surface area contributed by atoms with Crippen molar-refractivity contribution < 1.29 is 17.6 Å². The number of anilines is 1. The maximum atomic E-state index is 13.0. The molecule has 26 heavy (non-hydrogen) atoms. The molecule has 1 fully saturated rings. The Morgan fingerprint density at radius 2 is 1.73 bits per heavy atom. The third-order valence-electron chi connectivity index (χ3n) is 4.60. The summed E-state index contributed by atoms with van der Waals surface area (Å²) in [4.78, 5) is 12.3. The van der Waals surface area contributed by atoms with Crippen molar-refractivity contribution in [2.24, 2.45) is 0 Å². The summed E-state index contributed by atoms with van der Waals surface area (Å²) < 4.78 is 33.2. The van der Waals surface area contributed by atoms with Gasteiger partial charge in [-0.3, -0.25) is 4.79 Å². The third kappa shape index (κ3) is 3.87. The van der Waals surface area contributed by atoms with Gasteiger partial charge >= 0.3 is 0 Å². The number of amides is 1. The van der Waals surface area contributed by atoms with E-state index in [1.807, 2.05) is 13.8 Å². The summed E-state index contributed by atoms with van der Waals surface area (Å²) in [5.74, 6) is -0.228. The third-order valence-corrected chi connectivity index (χ3v) is 7.17. The molecule has 0 spiro atoms. The lowest BCUT2D eigenvalue weighted by Gasteiger charge is -2.37. The van der Waals surface area contributed by atoms with Gasteiger partial charge in [0.1, 0.15) is 0 Å². The Bertz CT molecular complexity index is 882. The highest BCUT2D eigenvalue weighted by molar-refractivity contribution is 9.10. The molecule has 1 N–H and O–H groups in total. The lowest BCUT2D eigenvalue weighted by Crippen LogP contribution is -2.47. The van der Waals surface area contributed by atoms with E-state index >= 15 is 0 Å². The minimum Gasteiger partial charge on any atom is -0.444 e.